The predicted octanol–water partition coefficient (Wildman–Crippen LogP) is 2.18. The molecule has 4 nitrogen and oxygen atoms in total. The second-order valence-corrected chi connectivity index (χ2v) is 6.08. The zero-order chi connectivity index (χ0) is 12.2. The molecule has 1 saturated carbocycles. The molecule has 3 rings (SSSR count). The van der Waals surface area contributed by atoms with Crippen molar-refractivity contribution in [3.8, 4) is 0 Å². The maximum absolute atomic E-state index is 13.4. The van der Waals surface area contributed by atoms with E-state index in [0.717, 1.165) is 25.0 Å². The Balaban J connectivity index is 2.25. The molecule has 0 bridgehead atoms. The van der Waals surface area contributed by atoms with E-state index < -0.39 is 15.8 Å². The lowest BCUT2D eigenvalue weighted by atomic mass is 10.2. The third kappa shape index (κ3) is 1.71. The summed E-state index contributed by atoms with van der Waals surface area (Å²) in [5, 5.41) is -0.208. The molecule has 0 radical (unpaired) electrons. The molecule has 0 unspecified atom stereocenters. The zero-order valence-electron chi connectivity index (χ0n) is 8.60. The average molecular weight is 275 g/mol. The molecule has 1 aromatic rings. The van der Waals surface area contributed by atoms with Crippen LogP contribution < -0.4 is 4.90 Å². The number of hydrogen-bond acceptors (Lipinski definition) is 3. The number of nitrogens with zero attached hydrogens (tertiary/aromatic N) is 2. The Hall–Kier alpha value is -1.14. The number of rotatable bonds is 1. The number of anilines is 1. The normalized spacial score (nSPS) is 21.4. The molecule has 7 heteroatoms. The Morgan fingerprint density at radius 2 is 2.12 bits per heavy atom. The van der Waals surface area contributed by atoms with Gasteiger partial charge in [-0.05, 0) is 18.9 Å². The lowest BCUT2D eigenvalue weighted by Gasteiger charge is -2.25. The van der Waals surface area contributed by atoms with Gasteiger partial charge in [-0.2, -0.15) is 8.42 Å². The van der Waals surface area contributed by atoms with Gasteiger partial charge in [0.25, 0.3) is 10.0 Å². The Kier molecular flexibility index (Phi) is 2.21. The third-order valence-electron chi connectivity index (χ3n) is 2.81. The van der Waals surface area contributed by atoms with Crippen LogP contribution in [0.4, 0.5) is 10.1 Å². The molecule has 1 aromatic carbocycles. The molecule has 2 aliphatic rings. The van der Waals surface area contributed by atoms with Gasteiger partial charge in [0, 0.05) is 12.1 Å². The summed E-state index contributed by atoms with van der Waals surface area (Å²) in [6.45, 7) is 0. The molecular weight excluding hydrogens is 267 g/mol. The standard InChI is InChI=1S/C10H8ClFN2O2S/c11-7-3-10-9(4-8(7)12)14(6-1-2-6)5-13-17(10,15)16/h3-6H,1-2H2. The largest absolute Gasteiger partial charge is 0.327 e. The second kappa shape index (κ2) is 3.43. The number of fused-ring (bicyclic) bond motifs is 1. The van der Waals surface area contributed by atoms with E-state index >= 15 is 0 Å². The van der Waals surface area contributed by atoms with Gasteiger partial charge in [-0.3, -0.25) is 0 Å². The van der Waals surface area contributed by atoms with Crippen LogP contribution in [0.1, 0.15) is 12.8 Å². The van der Waals surface area contributed by atoms with Crippen molar-refractivity contribution in [1.29, 1.82) is 0 Å². The maximum atomic E-state index is 13.4. The minimum absolute atomic E-state index is 0.0294. The smallest absolute Gasteiger partial charge is 0.285 e. The first-order valence-corrected chi connectivity index (χ1v) is 6.89. The van der Waals surface area contributed by atoms with Gasteiger partial charge < -0.3 is 4.90 Å². The molecule has 0 amide bonds. The van der Waals surface area contributed by atoms with Crippen molar-refractivity contribution < 1.29 is 12.8 Å². The van der Waals surface area contributed by atoms with Crippen LogP contribution >= 0.6 is 11.6 Å². The minimum Gasteiger partial charge on any atom is -0.327 e. The van der Waals surface area contributed by atoms with Crippen LogP contribution in [-0.2, 0) is 10.0 Å². The molecule has 1 heterocycles. The topological polar surface area (TPSA) is 49.7 Å². The molecule has 1 aliphatic carbocycles. The van der Waals surface area contributed by atoms with Crippen molar-refractivity contribution in [3.63, 3.8) is 0 Å². The molecular formula is C10H8ClFN2O2S. The van der Waals surface area contributed by atoms with Gasteiger partial charge in [-0.1, -0.05) is 11.6 Å². The Bertz CT molecular complexity index is 625. The van der Waals surface area contributed by atoms with Crippen LogP contribution in [-0.4, -0.2) is 20.8 Å². The van der Waals surface area contributed by atoms with Crippen molar-refractivity contribution in [2.45, 2.75) is 23.8 Å². The summed E-state index contributed by atoms with van der Waals surface area (Å²) in [6.07, 6.45) is 3.16. The van der Waals surface area contributed by atoms with Gasteiger partial charge in [0.2, 0.25) is 0 Å². The fourth-order valence-electron chi connectivity index (χ4n) is 1.80. The minimum atomic E-state index is -3.74. The number of sulfonamides is 1. The van der Waals surface area contributed by atoms with E-state index in [1.54, 1.807) is 4.90 Å². The number of hydrogen-bond donors (Lipinski definition) is 0. The highest BCUT2D eigenvalue weighted by atomic mass is 35.5. The first-order chi connectivity index (χ1) is 7.99. The summed E-state index contributed by atoms with van der Waals surface area (Å²) < 4.78 is 40.4. The molecule has 17 heavy (non-hydrogen) atoms. The van der Waals surface area contributed by atoms with Gasteiger partial charge >= 0.3 is 0 Å². The van der Waals surface area contributed by atoms with Gasteiger partial charge in [0.05, 0.1) is 10.7 Å². The lowest BCUT2D eigenvalue weighted by molar-refractivity contribution is 0.595. The van der Waals surface area contributed by atoms with Crippen LogP contribution in [0.25, 0.3) is 0 Å². The molecule has 1 aliphatic heterocycles. The average Bonchev–Trinajstić information content (AvgIpc) is 3.05. The summed E-state index contributed by atoms with van der Waals surface area (Å²) in [7, 11) is -3.74. The van der Waals surface area contributed by atoms with E-state index in [2.05, 4.69) is 4.40 Å². The summed E-state index contributed by atoms with van der Waals surface area (Å²) >= 11 is 5.61. The first kappa shape index (κ1) is 11.0. The molecule has 0 atom stereocenters. The fraction of sp³-hybridized carbons (Fsp3) is 0.300. The van der Waals surface area contributed by atoms with E-state index in [4.69, 9.17) is 11.6 Å². The molecule has 1 fully saturated rings. The Morgan fingerprint density at radius 3 is 2.76 bits per heavy atom. The highest BCUT2D eigenvalue weighted by molar-refractivity contribution is 7.90. The van der Waals surface area contributed by atoms with Gasteiger partial charge in [-0.25, -0.2) is 4.39 Å². The first-order valence-electron chi connectivity index (χ1n) is 5.07. The van der Waals surface area contributed by atoms with Crippen LogP contribution in [0.3, 0.4) is 0 Å². The molecule has 0 spiro atoms. The van der Waals surface area contributed by atoms with Crippen LogP contribution in [0, 0.1) is 5.82 Å². The molecule has 0 aromatic heterocycles. The van der Waals surface area contributed by atoms with Crippen molar-refractivity contribution in [2.75, 3.05) is 4.90 Å². The molecule has 0 saturated heterocycles. The summed E-state index contributed by atoms with van der Waals surface area (Å²) in [6, 6.07) is 2.49. The quantitative estimate of drug-likeness (QED) is 0.789. The van der Waals surface area contributed by atoms with Crippen molar-refractivity contribution >= 4 is 33.7 Å². The predicted molar refractivity (Wildman–Crippen MR) is 62.6 cm³/mol. The second-order valence-electron chi connectivity index (χ2n) is 4.07. The van der Waals surface area contributed by atoms with Crippen molar-refractivity contribution in [3.05, 3.63) is 23.0 Å². The van der Waals surface area contributed by atoms with E-state index in [1.165, 1.54) is 6.34 Å². The molecule has 90 valence electrons. The van der Waals surface area contributed by atoms with E-state index in [9.17, 15) is 12.8 Å². The fourth-order valence-corrected chi connectivity index (χ4v) is 3.07. The van der Waals surface area contributed by atoms with Crippen molar-refractivity contribution in [2.24, 2.45) is 4.40 Å². The Morgan fingerprint density at radius 1 is 1.41 bits per heavy atom. The van der Waals surface area contributed by atoms with Crippen molar-refractivity contribution in [1.82, 2.24) is 0 Å². The molecule has 0 N–H and O–H groups in total. The summed E-state index contributed by atoms with van der Waals surface area (Å²) in [5.74, 6) is -0.624. The Labute approximate surface area is 103 Å². The van der Waals surface area contributed by atoms with Crippen LogP contribution in [0.15, 0.2) is 21.4 Å². The van der Waals surface area contributed by atoms with Crippen LogP contribution in [0.5, 0.6) is 0 Å². The van der Waals surface area contributed by atoms with E-state index in [0.29, 0.717) is 5.69 Å². The highest BCUT2D eigenvalue weighted by Crippen LogP contribution is 2.39. The van der Waals surface area contributed by atoms with E-state index in [1.807, 2.05) is 0 Å². The van der Waals surface area contributed by atoms with Gasteiger partial charge in [0.15, 0.2) is 0 Å². The SMILES string of the molecule is O=S1(=O)N=CN(C2CC2)c2cc(F)c(Cl)cc21. The zero-order valence-corrected chi connectivity index (χ0v) is 10.2. The summed E-state index contributed by atoms with van der Waals surface area (Å²) in [4.78, 5) is 1.66. The van der Waals surface area contributed by atoms with E-state index in [-0.39, 0.29) is 16.0 Å². The van der Waals surface area contributed by atoms with Gasteiger partial charge in [0.1, 0.15) is 17.1 Å². The monoisotopic (exact) mass is 274 g/mol. The number of benzene rings is 1. The van der Waals surface area contributed by atoms with Gasteiger partial charge in [-0.15, -0.1) is 4.40 Å². The van der Waals surface area contributed by atoms with Crippen LogP contribution in [0.2, 0.25) is 5.02 Å². The summed E-state index contributed by atoms with van der Waals surface area (Å²) in [5.41, 5.74) is 0.324. The third-order valence-corrected chi connectivity index (χ3v) is 4.35. The maximum Gasteiger partial charge on any atom is 0.285 e. The lowest BCUT2D eigenvalue weighted by Crippen LogP contribution is -2.29. The number of halogens is 2. The highest BCUT2D eigenvalue weighted by Gasteiger charge is 2.35.